The van der Waals surface area contributed by atoms with Crippen LogP contribution in [-0.4, -0.2) is 206 Å². The fraction of sp³-hybridized carbons (Fsp3) is 0.344. The third-order valence-electron chi connectivity index (χ3n) is 16.4. The van der Waals surface area contributed by atoms with Crippen LogP contribution < -0.4 is 18.9 Å². The standard InChI is InChI=1S/C64H64N4O20/c69-45-25-81-61(57(77)53(45)73)85-33-9-1-5-29(21-33)49-37-13-15-39(65-37)50(30-6-2-10-34(22-30)86-62-58(78)54(74)46(70)26-82-62)41-17-19-43(67-41)52(32-8-4-12-36(24-32)88-64-60(80)56(76)48(72)28-84-64)44-20-18-42(68-44)51(40-16-14-38(49)66-40)31-7-3-11-35(23-31)87-63-59(79)55(75)47(71)27-83-63/h1-17,19,21-24,45-48,53-65,68-80H,18,20,25-28H2/t45-,46-,47-,48-,53-,54-,55-,56-,57+,58+,59+,60+,61?,62?,63?,64?/m1/s1. The molecule has 4 saturated heterocycles. The van der Waals surface area contributed by atoms with E-state index in [-0.39, 0.29) is 49.4 Å². The van der Waals surface area contributed by atoms with Gasteiger partial charge >= 0.3 is 0 Å². The maximum Gasteiger partial charge on any atom is 0.228 e. The molecule has 0 saturated carbocycles. The molecule has 88 heavy (non-hydrogen) atoms. The van der Waals surface area contributed by atoms with E-state index in [2.05, 4.69) is 9.97 Å². The number of ether oxygens (including phenoxy) is 8. The van der Waals surface area contributed by atoms with E-state index in [4.69, 9.17) is 47.9 Å². The van der Waals surface area contributed by atoms with Crippen molar-refractivity contribution in [1.82, 2.24) is 19.9 Å². The fourth-order valence-corrected chi connectivity index (χ4v) is 11.7. The van der Waals surface area contributed by atoms with Crippen molar-refractivity contribution < 1.29 is 99.2 Å². The quantitative estimate of drug-likeness (QED) is 0.0833. The van der Waals surface area contributed by atoms with Crippen LogP contribution in [0.1, 0.15) is 34.2 Å². The van der Waals surface area contributed by atoms with Crippen molar-refractivity contribution in [3.63, 3.8) is 0 Å². The molecular weight excluding hydrogens is 1140 g/mol. The summed E-state index contributed by atoms with van der Waals surface area (Å²) in [5.41, 5.74) is 9.50. The van der Waals surface area contributed by atoms with Gasteiger partial charge in [0.05, 0.1) is 49.2 Å². The van der Waals surface area contributed by atoms with Crippen LogP contribution in [0.3, 0.4) is 0 Å². The number of nitrogens with zero attached hydrogens (tertiary/aromatic N) is 2. The Morgan fingerprint density at radius 3 is 0.898 bits per heavy atom. The average Bonchev–Trinajstić information content (AvgIpc) is 2.92. The second-order valence-corrected chi connectivity index (χ2v) is 22.4. The summed E-state index contributed by atoms with van der Waals surface area (Å²) in [5.74, 6) is 1.05. The molecule has 16 atom stereocenters. The Labute approximate surface area is 501 Å². The molecule has 4 fully saturated rings. The molecule has 7 aliphatic heterocycles. The molecule has 24 heteroatoms. The van der Waals surface area contributed by atoms with E-state index in [1.807, 2.05) is 60.7 Å². The van der Waals surface area contributed by atoms with Gasteiger partial charge in [-0.3, -0.25) is 0 Å². The summed E-state index contributed by atoms with van der Waals surface area (Å²) in [6, 6.07) is 31.9. The molecule has 8 bridgehead atoms. The number of aromatic amines is 2. The van der Waals surface area contributed by atoms with Gasteiger partial charge in [0.1, 0.15) is 96.2 Å². The zero-order valence-corrected chi connectivity index (χ0v) is 46.7. The van der Waals surface area contributed by atoms with E-state index in [1.54, 1.807) is 72.8 Å². The first-order valence-corrected chi connectivity index (χ1v) is 28.7. The number of aliphatic hydroxyl groups is 12. The number of H-pyrrole nitrogens is 2. The zero-order valence-electron chi connectivity index (χ0n) is 46.7. The molecule has 4 unspecified atom stereocenters. The molecule has 13 rings (SSSR count). The Kier molecular flexibility index (Phi) is 16.6. The number of aliphatic hydroxyl groups excluding tert-OH is 12. The van der Waals surface area contributed by atoms with E-state index in [1.165, 1.54) is 0 Å². The number of rotatable bonds is 12. The van der Waals surface area contributed by atoms with Gasteiger partial charge in [0.2, 0.25) is 25.2 Å². The largest absolute Gasteiger partial charge is 0.462 e. The van der Waals surface area contributed by atoms with Crippen molar-refractivity contribution >= 4 is 35.3 Å². The van der Waals surface area contributed by atoms with E-state index in [0.29, 0.717) is 91.2 Å². The van der Waals surface area contributed by atoms with Crippen LogP contribution in [0.5, 0.6) is 23.0 Å². The summed E-state index contributed by atoms with van der Waals surface area (Å²) >= 11 is 0. The van der Waals surface area contributed by atoms with Crippen molar-refractivity contribution in [2.24, 2.45) is 0 Å². The highest BCUT2D eigenvalue weighted by atomic mass is 16.7. The summed E-state index contributed by atoms with van der Waals surface area (Å²) < 4.78 is 47.2. The maximum absolute atomic E-state index is 10.9. The summed E-state index contributed by atoms with van der Waals surface area (Å²) in [6.45, 7) is -1.12. The molecule has 0 aliphatic carbocycles. The van der Waals surface area contributed by atoms with Crippen LogP contribution in [-0.2, 0) is 31.8 Å². The minimum Gasteiger partial charge on any atom is -0.462 e. The Hall–Kier alpha value is -7.70. The molecule has 2 aromatic heterocycles. The van der Waals surface area contributed by atoms with Gasteiger partial charge in [-0.1, -0.05) is 48.5 Å². The summed E-state index contributed by atoms with van der Waals surface area (Å²) in [5, 5.41) is 127. The van der Waals surface area contributed by atoms with E-state index < -0.39 is 98.4 Å². The zero-order chi connectivity index (χ0) is 61.1. The van der Waals surface area contributed by atoms with Crippen LogP contribution >= 0.6 is 0 Å². The highest BCUT2D eigenvalue weighted by Crippen LogP contribution is 2.42. The Morgan fingerprint density at radius 1 is 0.330 bits per heavy atom. The lowest BCUT2D eigenvalue weighted by Crippen LogP contribution is -2.54. The molecule has 0 radical (unpaired) electrons. The minimum atomic E-state index is -1.58. The highest BCUT2D eigenvalue weighted by Gasteiger charge is 2.43. The van der Waals surface area contributed by atoms with Crippen molar-refractivity contribution in [2.75, 3.05) is 26.4 Å². The van der Waals surface area contributed by atoms with Gasteiger partial charge in [-0.25, -0.2) is 9.97 Å². The Morgan fingerprint density at radius 2 is 0.602 bits per heavy atom. The molecule has 14 N–H and O–H groups in total. The number of benzene rings is 4. The van der Waals surface area contributed by atoms with E-state index in [0.717, 1.165) is 11.4 Å². The Bertz CT molecular complexity index is 3610. The molecular formula is C64H64N4O20. The van der Waals surface area contributed by atoms with Crippen molar-refractivity contribution in [2.45, 2.75) is 111 Å². The SMILES string of the molecule is O[C@@H]1[C@H](O)COC(Oc2cccc(-c3c4nc(c(-c5cccc(OC6OC[C@@H](O)[C@@H](O)[C@@H]6O)c5)c5ccc([nH]5)c(-c5cccc(OC6OC[C@@H](O)[C@@H](O)[C@@H]6O)c5)c5nc(c(-c6cccc(OC7OC[C@@H](O)[C@@H](O)[C@@H]7O)c6)c6[nH]c3CC6)C=C5)C=C4)c2)[C@H]1O. The van der Waals surface area contributed by atoms with Gasteiger partial charge in [-0.15, -0.1) is 0 Å². The molecule has 24 nitrogen and oxygen atoms in total. The molecule has 7 aliphatic rings. The minimum absolute atomic E-state index is 0.254. The van der Waals surface area contributed by atoms with E-state index >= 15 is 0 Å². The number of nitrogens with one attached hydrogen (secondary N) is 2. The number of aryl methyl sites for hydroxylation is 2. The first kappa shape index (κ1) is 59.3. The molecule has 6 aromatic rings. The van der Waals surface area contributed by atoms with Gasteiger partial charge < -0.3 is 109 Å². The van der Waals surface area contributed by atoms with Gasteiger partial charge in [-0.05, 0) is 120 Å². The number of hydrogen-bond donors (Lipinski definition) is 14. The van der Waals surface area contributed by atoms with Crippen LogP contribution in [0, 0.1) is 0 Å². The van der Waals surface area contributed by atoms with Crippen LogP contribution in [0.25, 0.3) is 79.8 Å². The van der Waals surface area contributed by atoms with E-state index in [9.17, 15) is 61.3 Å². The summed E-state index contributed by atoms with van der Waals surface area (Å²) in [4.78, 5) is 18.2. The highest BCUT2D eigenvalue weighted by molar-refractivity contribution is 5.97. The first-order valence-electron chi connectivity index (χ1n) is 28.7. The predicted octanol–water partition coefficient (Wildman–Crippen LogP) is 2.10. The third kappa shape index (κ3) is 11.7. The van der Waals surface area contributed by atoms with Gasteiger partial charge in [0.25, 0.3) is 0 Å². The number of hydrogen-bond acceptors (Lipinski definition) is 22. The third-order valence-corrected chi connectivity index (χ3v) is 16.4. The van der Waals surface area contributed by atoms with Crippen molar-refractivity contribution in [3.8, 4) is 67.5 Å². The van der Waals surface area contributed by atoms with Gasteiger partial charge in [0, 0.05) is 44.7 Å². The molecule has 0 amide bonds. The van der Waals surface area contributed by atoms with Crippen molar-refractivity contribution in [1.29, 1.82) is 0 Å². The lowest BCUT2D eigenvalue weighted by Gasteiger charge is -2.35. The summed E-state index contributed by atoms with van der Waals surface area (Å²) in [6.07, 6.45) is -14.6. The molecule has 0 spiro atoms. The second kappa shape index (κ2) is 24.7. The molecule has 4 aromatic carbocycles. The molecule has 460 valence electrons. The average molecular weight is 1210 g/mol. The second-order valence-electron chi connectivity index (χ2n) is 22.4. The lowest BCUT2D eigenvalue weighted by atomic mass is 9.98. The Balaban J connectivity index is 1.03. The normalized spacial score (nSPS) is 30.0. The first-order chi connectivity index (χ1) is 42.5. The van der Waals surface area contributed by atoms with Crippen LogP contribution in [0.15, 0.2) is 109 Å². The maximum atomic E-state index is 10.9. The lowest BCUT2D eigenvalue weighted by molar-refractivity contribution is -0.242. The predicted molar refractivity (Wildman–Crippen MR) is 313 cm³/mol. The number of fused-ring (bicyclic) bond motifs is 8. The monoisotopic (exact) mass is 1210 g/mol. The number of aromatic nitrogens is 4. The van der Waals surface area contributed by atoms with Gasteiger partial charge in [0.15, 0.2) is 0 Å². The molecule has 9 heterocycles. The van der Waals surface area contributed by atoms with Crippen LogP contribution in [0.4, 0.5) is 0 Å². The summed E-state index contributed by atoms with van der Waals surface area (Å²) in [7, 11) is 0. The van der Waals surface area contributed by atoms with Crippen LogP contribution in [0.2, 0.25) is 0 Å². The fourth-order valence-electron chi connectivity index (χ4n) is 11.7. The topological polar surface area (TPSA) is 374 Å². The van der Waals surface area contributed by atoms with Gasteiger partial charge in [-0.2, -0.15) is 0 Å². The van der Waals surface area contributed by atoms with Crippen molar-refractivity contribution in [3.05, 3.63) is 143 Å². The smallest absolute Gasteiger partial charge is 0.228 e.